The summed E-state index contributed by atoms with van der Waals surface area (Å²) in [7, 11) is -3.83. The van der Waals surface area contributed by atoms with Gasteiger partial charge in [-0.25, -0.2) is 18.4 Å². The maximum Gasteiger partial charge on any atom is 0.263 e. The van der Waals surface area contributed by atoms with Gasteiger partial charge in [0, 0.05) is 5.69 Å². The van der Waals surface area contributed by atoms with E-state index < -0.39 is 10.0 Å². The van der Waals surface area contributed by atoms with Gasteiger partial charge in [0.25, 0.3) is 10.0 Å². The SMILES string of the molecule is CC[C@@H](C)c1ccc(Nc2nc3ccccc3nc2NS(=O)(=O)c2ccc(C)cc2)cc1. The minimum absolute atomic E-state index is 0.148. The van der Waals surface area contributed by atoms with E-state index in [0.29, 0.717) is 22.8 Å². The van der Waals surface area contributed by atoms with Crippen LogP contribution < -0.4 is 10.0 Å². The van der Waals surface area contributed by atoms with Crippen molar-refractivity contribution in [3.8, 4) is 0 Å². The number of hydrogen-bond donors (Lipinski definition) is 2. The highest BCUT2D eigenvalue weighted by molar-refractivity contribution is 7.92. The maximum absolute atomic E-state index is 13.0. The Hall–Kier alpha value is -3.45. The summed E-state index contributed by atoms with van der Waals surface area (Å²) in [6.45, 7) is 6.26. The Morgan fingerprint density at radius 2 is 1.44 bits per heavy atom. The van der Waals surface area contributed by atoms with Crippen LogP contribution in [0, 0.1) is 6.92 Å². The molecule has 0 aliphatic heterocycles. The third kappa shape index (κ3) is 4.73. The molecule has 0 spiro atoms. The number of rotatable bonds is 7. The molecule has 1 heterocycles. The lowest BCUT2D eigenvalue weighted by Gasteiger charge is -2.15. The second kappa shape index (κ2) is 8.96. The van der Waals surface area contributed by atoms with Crippen LogP contribution >= 0.6 is 0 Å². The highest BCUT2D eigenvalue weighted by atomic mass is 32.2. The summed E-state index contributed by atoms with van der Waals surface area (Å²) < 4.78 is 28.6. The molecule has 0 amide bonds. The lowest BCUT2D eigenvalue weighted by atomic mass is 9.99. The van der Waals surface area contributed by atoms with Crippen LogP contribution in [0.15, 0.2) is 77.7 Å². The first-order valence-electron chi connectivity index (χ1n) is 10.6. The summed E-state index contributed by atoms with van der Waals surface area (Å²) in [5.74, 6) is 0.965. The van der Waals surface area contributed by atoms with Gasteiger partial charge in [-0.3, -0.25) is 4.72 Å². The molecule has 0 fully saturated rings. The van der Waals surface area contributed by atoms with Crippen molar-refractivity contribution >= 4 is 38.4 Å². The molecule has 1 atom stereocenters. The van der Waals surface area contributed by atoms with Crippen molar-refractivity contribution in [2.24, 2.45) is 0 Å². The summed E-state index contributed by atoms with van der Waals surface area (Å²) >= 11 is 0. The van der Waals surface area contributed by atoms with E-state index in [0.717, 1.165) is 17.7 Å². The molecule has 0 aliphatic rings. The van der Waals surface area contributed by atoms with Gasteiger partial charge in [-0.1, -0.05) is 55.8 Å². The van der Waals surface area contributed by atoms with Gasteiger partial charge in [0.1, 0.15) is 0 Å². The molecule has 0 unspecified atom stereocenters. The number of nitrogens with zero attached hydrogens (tertiary/aromatic N) is 2. The van der Waals surface area contributed by atoms with E-state index in [4.69, 9.17) is 0 Å². The molecule has 3 aromatic carbocycles. The van der Waals surface area contributed by atoms with Crippen molar-refractivity contribution in [1.82, 2.24) is 9.97 Å². The van der Waals surface area contributed by atoms with Gasteiger partial charge in [0.15, 0.2) is 11.6 Å². The Balaban J connectivity index is 1.71. The van der Waals surface area contributed by atoms with E-state index in [-0.39, 0.29) is 10.7 Å². The maximum atomic E-state index is 13.0. The van der Waals surface area contributed by atoms with Crippen LogP contribution in [-0.4, -0.2) is 18.4 Å². The average molecular weight is 447 g/mol. The van der Waals surface area contributed by atoms with Crippen molar-refractivity contribution in [1.29, 1.82) is 0 Å². The fourth-order valence-corrected chi connectivity index (χ4v) is 4.34. The molecule has 0 radical (unpaired) electrons. The number of nitrogens with one attached hydrogen (secondary N) is 2. The second-order valence-corrected chi connectivity index (χ2v) is 9.57. The lowest BCUT2D eigenvalue weighted by molar-refractivity contribution is 0.601. The number of para-hydroxylation sites is 2. The summed E-state index contributed by atoms with van der Waals surface area (Å²) in [5, 5.41) is 3.23. The largest absolute Gasteiger partial charge is 0.337 e. The van der Waals surface area contributed by atoms with Crippen molar-refractivity contribution in [3.63, 3.8) is 0 Å². The highest BCUT2D eigenvalue weighted by Crippen LogP contribution is 2.28. The fourth-order valence-electron chi connectivity index (χ4n) is 3.33. The predicted octanol–water partition coefficient (Wildman–Crippen LogP) is 6.00. The zero-order valence-electron chi connectivity index (χ0n) is 18.3. The van der Waals surface area contributed by atoms with Gasteiger partial charge in [0.2, 0.25) is 0 Å². The summed E-state index contributed by atoms with van der Waals surface area (Å²) in [6, 6.07) is 22.1. The molecule has 32 heavy (non-hydrogen) atoms. The number of aryl methyl sites for hydroxylation is 1. The Labute approximate surface area is 188 Å². The molecular formula is C25H26N4O2S. The number of aromatic nitrogens is 2. The first kappa shape index (κ1) is 21.8. The minimum Gasteiger partial charge on any atom is -0.337 e. The van der Waals surface area contributed by atoms with Crippen LogP contribution in [0.3, 0.4) is 0 Å². The lowest BCUT2D eigenvalue weighted by Crippen LogP contribution is -2.16. The molecule has 2 N–H and O–H groups in total. The Morgan fingerprint density at radius 1 is 0.844 bits per heavy atom. The second-order valence-electron chi connectivity index (χ2n) is 7.88. The number of fused-ring (bicyclic) bond motifs is 1. The molecule has 6 nitrogen and oxygen atoms in total. The topological polar surface area (TPSA) is 84.0 Å². The summed E-state index contributed by atoms with van der Waals surface area (Å²) in [4.78, 5) is 9.35. The third-order valence-electron chi connectivity index (χ3n) is 5.49. The number of benzene rings is 3. The molecular weight excluding hydrogens is 420 g/mol. The molecule has 4 aromatic rings. The van der Waals surface area contributed by atoms with Gasteiger partial charge in [0.05, 0.1) is 15.9 Å². The molecule has 164 valence electrons. The monoisotopic (exact) mass is 446 g/mol. The highest BCUT2D eigenvalue weighted by Gasteiger charge is 2.19. The minimum atomic E-state index is -3.83. The van der Waals surface area contributed by atoms with Gasteiger partial charge in [-0.2, -0.15) is 0 Å². The normalized spacial score (nSPS) is 12.5. The summed E-state index contributed by atoms with van der Waals surface area (Å²) in [5.41, 5.74) is 4.31. The number of hydrogen-bond acceptors (Lipinski definition) is 5. The van der Waals surface area contributed by atoms with Gasteiger partial charge in [-0.05, 0) is 61.2 Å². The molecule has 1 aromatic heterocycles. The van der Waals surface area contributed by atoms with Crippen LogP contribution in [0.4, 0.5) is 17.3 Å². The smallest absolute Gasteiger partial charge is 0.263 e. The van der Waals surface area contributed by atoms with Gasteiger partial charge < -0.3 is 5.32 Å². The molecule has 0 bridgehead atoms. The van der Waals surface area contributed by atoms with Crippen molar-refractivity contribution in [2.45, 2.75) is 38.0 Å². The number of sulfonamides is 1. The van der Waals surface area contributed by atoms with Crippen LogP contribution in [0.25, 0.3) is 11.0 Å². The third-order valence-corrected chi connectivity index (χ3v) is 6.84. The average Bonchev–Trinajstić information content (AvgIpc) is 2.79. The first-order valence-corrected chi connectivity index (χ1v) is 12.1. The van der Waals surface area contributed by atoms with E-state index in [1.54, 1.807) is 30.3 Å². The van der Waals surface area contributed by atoms with E-state index in [2.05, 4.69) is 46.0 Å². The van der Waals surface area contributed by atoms with E-state index in [9.17, 15) is 8.42 Å². The Bertz CT molecular complexity index is 1340. The zero-order chi connectivity index (χ0) is 22.7. The van der Waals surface area contributed by atoms with E-state index in [1.807, 2.05) is 37.3 Å². The number of anilines is 3. The van der Waals surface area contributed by atoms with Crippen LogP contribution in [-0.2, 0) is 10.0 Å². The zero-order valence-corrected chi connectivity index (χ0v) is 19.1. The van der Waals surface area contributed by atoms with Crippen LogP contribution in [0.2, 0.25) is 0 Å². The summed E-state index contributed by atoms with van der Waals surface area (Å²) in [6.07, 6.45) is 1.06. The molecule has 0 aliphatic carbocycles. The van der Waals surface area contributed by atoms with Crippen molar-refractivity contribution < 1.29 is 8.42 Å². The van der Waals surface area contributed by atoms with E-state index >= 15 is 0 Å². The predicted molar refractivity (Wildman–Crippen MR) is 130 cm³/mol. The quantitative estimate of drug-likeness (QED) is 0.364. The molecule has 0 saturated carbocycles. The molecule has 4 rings (SSSR count). The Morgan fingerprint density at radius 3 is 2.03 bits per heavy atom. The van der Waals surface area contributed by atoms with Gasteiger partial charge in [-0.15, -0.1) is 0 Å². The van der Waals surface area contributed by atoms with Crippen LogP contribution in [0.1, 0.15) is 37.3 Å². The van der Waals surface area contributed by atoms with Crippen molar-refractivity contribution in [2.75, 3.05) is 10.0 Å². The molecule has 0 saturated heterocycles. The first-order chi connectivity index (χ1) is 15.4. The van der Waals surface area contributed by atoms with Gasteiger partial charge >= 0.3 is 0 Å². The fraction of sp³-hybridized carbons (Fsp3) is 0.200. The van der Waals surface area contributed by atoms with E-state index in [1.165, 1.54) is 5.56 Å². The van der Waals surface area contributed by atoms with Crippen LogP contribution in [0.5, 0.6) is 0 Å². The standard InChI is InChI=1S/C25H26N4O2S/c1-4-18(3)19-11-13-20(14-12-19)26-24-25(28-23-8-6-5-7-22(23)27-24)29-32(30,31)21-15-9-17(2)10-16-21/h5-16,18H,4H2,1-3H3,(H,26,27)(H,28,29)/t18-/m1/s1. The molecule has 7 heteroatoms. The van der Waals surface area contributed by atoms with Crippen molar-refractivity contribution in [3.05, 3.63) is 83.9 Å². The Kier molecular flexibility index (Phi) is 6.10.